The third-order valence-electron chi connectivity index (χ3n) is 3.66. The van der Waals surface area contributed by atoms with E-state index in [2.05, 4.69) is 36.8 Å². The standard InChI is InChI=1S/C13H18Br2N2O2S/c1-16-7-3-4-11(9-16)17(2)20(18,19)13-8-10(14)5-6-12(13)15/h5-6,8,11H,3-4,7,9H2,1-2H3. The van der Waals surface area contributed by atoms with Gasteiger partial charge < -0.3 is 4.90 Å². The van der Waals surface area contributed by atoms with Gasteiger partial charge in [-0.05, 0) is 60.6 Å². The van der Waals surface area contributed by atoms with Crippen LogP contribution < -0.4 is 0 Å². The van der Waals surface area contributed by atoms with Crippen molar-refractivity contribution in [3.8, 4) is 0 Å². The molecule has 7 heteroatoms. The van der Waals surface area contributed by atoms with Gasteiger partial charge >= 0.3 is 0 Å². The zero-order valence-corrected chi connectivity index (χ0v) is 15.5. The Morgan fingerprint density at radius 2 is 2.05 bits per heavy atom. The van der Waals surface area contributed by atoms with Crippen molar-refractivity contribution in [2.24, 2.45) is 0 Å². The molecular formula is C13H18Br2N2O2S. The van der Waals surface area contributed by atoms with Gasteiger partial charge in [-0.15, -0.1) is 0 Å². The molecule has 0 aliphatic carbocycles. The van der Waals surface area contributed by atoms with Gasteiger partial charge in [-0.3, -0.25) is 0 Å². The van der Waals surface area contributed by atoms with Crippen LogP contribution in [0.15, 0.2) is 32.0 Å². The van der Waals surface area contributed by atoms with Crippen molar-refractivity contribution in [1.29, 1.82) is 0 Å². The zero-order chi connectivity index (χ0) is 14.9. The van der Waals surface area contributed by atoms with Gasteiger partial charge in [0.05, 0.1) is 4.90 Å². The van der Waals surface area contributed by atoms with Crippen LogP contribution in [0.25, 0.3) is 0 Å². The van der Waals surface area contributed by atoms with Gasteiger partial charge in [0.15, 0.2) is 0 Å². The number of likely N-dealkylation sites (tertiary alicyclic amines) is 1. The van der Waals surface area contributed by atoms with E-state index in [1.54, 1.807) is 19.2 Å². The van der Waals surface area contributed by atoms with Crippen LogP contribution in [0.5, 0.6) is 0 Å². The number of sulfonamides is 1. The predicted molar refractivity (Wildman–Crippen MR) is 87.3 cm³/mol. The fraction of sp³-hybridized carbons (Fsp3) is 0.538. The molecule has 0 radical (unpaired) electrons. The molecule has 0 amide bonds. The van der Waals surface area contributed by atoms with Crippen LogP contribution in [0.2, 0.25) is 0 Å². The number of piperidine rings is 1. The minimum Gasteiger partial charge on any atom is -0.305 e. The molecule has 1 aromatic carbocycles. The lowest BCUT2D eigenvalue weighted by atomic mass is 10.1. The number of nitrogens with zero attached hydrogens (tertiary/aromatic N) is 2. The number of rotatable bonds is 3. The summed E-state index contributed by atoms with van der Waals surface area (Å²) in [6.45, 7) is 1.81. The fourth-order valence-corrected chi connectivity index (χ4v) is 5.30. The first kappa shape index (κ1) is 16.4. The summed E-state index contributed by atoms with van der Waals surface area (Å²) in [6, 6.07) is 5.24. The Kier molecular flexibility index (Phi) is 5.29. The molecule has 0 saturated carbocycles. The maximum Gasteiger partial charge on any atom is 0.244 e. The zero-order valence-electron chi connectivity index (χ0n) is 11.5. The summed E-state index contributed by atoms with van der Waals surface area (Å²) in [7, 11) is 0.217. The van der Waals surface area contributed by atoms with Crippen LogP contribution in [0.4, 0.5) is 0 Å². The summed E-state index contributed by atoms with van der Waals surface area (Å²) >= 11 is 6.66. The Morgan fingerprint density at radius 3 is 2.70 bits per heavy atom. The molecule has 1 heterocycles. The van der Waals surface area contributed by atoms with E-state index in [0.29, 0.717) is 9.37 Å². The van der Waals surface area contributed by atoms with Crippen molar-refractivity contribution < 1.29 is 8.42 Å². The molecule has 0 aromatic heterocycles. The van der Waals surface area contributed by atoms with Gasteiger partial charge in [-0.25, -0.2) is 8.42 Å². The number of likely N-dealkylation sites (N-methyl/N-ethyl adjacent to an activating group) is 2. The summed E-state index contributed by atoms with van der Waals surface area (Å²) in [5, 5.41) is 0. The Labute approximate surface area is 137 Å². The molecule has 0 spiro atoms. The Balaban J connectivity index is 2.31. The lowest BCUT2D eigenvalue weighted by Gasteiger charge is -2.35. The highest BCUT2D eigenvalue weighted by Crippen LogP contribution is 2.29. The summed E-state index contributed by atoms with van der Waals surface area (Å²) in [5.41, 5.74) is 0. The molecule has 20 heavy (non-hydrogen) atoms. The molecule has 2 rings (SSSR count). The third kappa shape index (κ3) is 3.44. The van der Waals surface area contributed by atoms with Crippen LogP contribution >= 0.6 is 31.9 Å². The molecule has 1 saturated heterocycles. The highest BCUT2D eigenvalue weighted by molar-refractivity contribution is 9.11. The molecule has 1 aliphatic heterocycles. The van der Waals surface area contributed by atoms with Crippen LogP contribution in [0.1, 0.15) is 12.8 Å². The summed E-state index contributed by atoms with van der Waals surface area (Å²) in [6.07, 6.45) is 1.94. The van der Waals surface area contributed by atoms with E-state index in [-0.39, 0.29) is 6.04 Å². The molecule has 112 valence electrons. The van der Waals surface area contributed by atoms with Gasteiger partial charge in [0.2, 0.25) is 10.0 Å². The van der Waals surface area contributed by atoms with E-state index in [1.807, 2.05) is 13.1 Å². The van der Waals surface area contributed by atoms with Gasteiger partial charge in [-0.1, -0.05) is 15.9 Å². The van der Waals surface area contributed by atoms with Crippen LogP contribution in [0.3, 0.4) is 0 Å². The second-order valence-corrected chi connectivity index (χ2v) is 8.89. The minimum atomic E-state index is -3.49. The normalized spacial score (nSPS) is 21.4. The molecule has 0 bridgehead atoms. The van der Waals surface area contributed by atoms with Crippen molar-refractivity contribution in [3.05, 3.63) is 27.1 Å². The quantitative estimate of drug-likeness (QED) is 0.747. The minimum absolute atomic E-state index is 0.0321. The maximum absolute atomic E-state index is 12.8. The van der Waals surface area contributed by atoms with Crippen LogP contribution in [-0.4, -0.2) is 50.8 Å². The largest absolute Gasteiger partial charge is 0.305 e. The Hall–Kier alpha value is 0.0500. The van der Waals surface area contributed by atoms with Gasteiger partial charge in [0, 0.05) is 28.6 Å². The highest BCUT2D eigenvalue weighted by atomic mass is 79.9. The molecule has 1 unspecified atom stereocenters. The van der Waals surface area contributed by atoms with E-state index in [1.165, 1.54) is 4.31 Å². The fourth-order valence-electron chi connectivity index (χ4n) is 2.46. The maximum atomic E-state index is 12.8. The van der Waals surface area contributed by atoms with Crippen LogP contribution in [-0.2, 0) is 10.0 Å². The lowest BCUT2D eigenvalue weighted by Crippen LogP contribution is -2.47. The summed E-state index contributed by atoms with van der Waals surface area (Å²) in [5.74, 6) is 0. The van der Waals surface area contributed by atoms with Crippen molar-refractivity contribution in [2.45, 2.75) is 23.8 Å². The van der Waals surface area contributed by atoms with E-state index < -0.39 is 10.0 Å². The topological polar surface area (TPSA) is 40.6 Å². The molecule has 1 atom stereocenters. The predicted octanol–water partition coefficient (Wildman–Crippen LogP) is 2.93. The monoisotopic (exact) mass is 424 g/mol. The van der Waals surface area contributed by atoms with Crippen molar-refractivity contribution in [2.75, 3.05) is 27.2 Å². The van der Waals surface area contributed by atoms with E-state index >= 15 is 0 Å². The second kappa shape index (κ2) is 6.44. The first-order valence-corrected chi connectivity index (χ1v) is 9.46. The Bertz CT molecular complexity index is 592. The first-order chi connectivity index (χ1) is 9.32. The molecular weight excluding hydrogens is 408 g/mol. The van der Waals surface area contributed by atoms with Crippen LogP contribution in [0, 0.1) is 0 Å². The number of benzene rings is 1. The van der Waals surface area contributed by atoms with Gasteiger partial charge in [0.25, 0.3) is 0 Å². The molecule has 0 N–H and O–H groups in total. The average Bonchev–Trinajstić information content (AvgIpc) is 2.40. The SMILES string of the molecule is CN1CCCC(N(C)S(=O)(=O)c2cc(Br)ccc2Br)C1. The highest BCUT2D eigenvalue weighted by Gasteiger charge is 2.31. The van der Waals surface area contributed by atoms with Gasteiger partial charge in [0.1, 0.15) is 0 Å². The van der Waals surface area contributed by atoms with E-state index in [9.17, 15) is 8.42 Å². The van der Waals surface area contributed by atoms with Crippen molar-refractivity contribution >= 4 is 41.9 Å². The van der Waals surface area contributed by atoms with Crippen molar-refractivity contribution in [3.63, 3.8) is 0 Å². The average molecular weight is 426 g/mol. The molecule has 1 aromatic rings. The summed E-state index contributed by atoms with van der Waals surface area (Å²) in [4.78, 5) is 2.48. The second-order valence-electron chi connectivity index (χ2n) is 5.15. The number of halogens is 2. The number of hydrogen-bond donors (Lipinski definition) is 0. The molecule has 1 fully saturated rings. The molecule has 1 aliphatic rings. The molecule has 4 nitrogen and oxygen atoms in total. The van der Waals surface area contributed by atoms with Crippen molar-refractivity contribution in [1.82, 2.24) is 9.21 Å². The third-order valence-corrected chi connectivity index (χ3v) is 7.06. The van der Waals surface area contributed by atoms with E-state index in [4.69, 9.17) is 0 Å². The van der Waals surface area contributed by atoms with Gasteiger partial charge in [-0.2, -0.15) is 4.31 Å². The Morgan fingerprint density at radius 1 is 1.35 bits per heavy atom. The first-order valence-electron chi connectivity index (χ1n) is 6.44. The summed E-state index contributed by atoms with van der Waals surface area (Å²) < 4.78 is 28.4. The number of hydrogen-bond acceptors (Lipinski definition) is 3. The van der Waals surface area contributed by atoms with E-state index in [0.717, 1.165) is 30.4 Å². The smallest absolute Gasteiger partial charge is 0.244 e. The lowest BCUT2D eigenvalue weighted by molar-refractivity contribution is 0.187.